The molecule has 0 aromatic heterocycles. The fraction of sp³-hybridized carbons (Fsp3) is 0.364. The summed E-state index contributed by atoms with van der Waals surface area (Å²) in [5.41, 5.74) is -0.627. The van der Waals surface area contributed by atoms with E-state index in [4.69, 9.17) is 4.74 Å². The summed E-state index contributed by atoms with van der Waals surface area (Å²) in [6, 6.07) is 2.77. The normalized spacial score (nSPS) is 11.9. The van der Waals surface area contributed by atoms with Crippen LogP contribution in [-0.4, -0.2) is 30.6 Å². The number of methoxy groups -OCH3 is 1. The molecule has 1 aromatic rings. The highest BCUT2D eigenvalue weighted by Gasteiger charge is 2.17. The first-order valence-corrected chi connectivity index (χ1v) is 5.19. The average molecular weight is 256 g/mol. The number of halogens is 1. The highest BCUT2D eigenvalue weighted by Crippen LogP contribution is 2.17. The Morgan fingerprint density at radius 1 is 1.61 bits per heavy atom. The molecular formula is C11H13FN2O4. The Morgan fingerprint density at radius 3 is 2.78 bits per heavy atom. The highest BCUT2D eigenvalue weighted by molar-refractivity contribution is 5.94. The molecule has 18 heavy (non-hydrogen) atoms. The molecule has 0 aliphatic heterocycles. The smallest absolute Gasteiger partial charge is 0.304 e. The van der Waals surface area contributed by atoms with Gasteiger partial charge in [-0.25, -0.2) is 0 Å². The van der Waals surface area contributed by atoms with Crippen LogP contribution < -0.4 is 5.32 Å². The molecule has 0 bridgehead atoms. The van der Waals surface area contributed by atoms with Gasteiger partial charge in [-0.15, -0.1) is 0 Å². The molecule has 1 amide bonds. The Bertz CT molecular complexity index is 464. The van der Waals surface area contributed by atoms with E-state index < -0.39 is 22.3 Å². The molecule has 1 atom stereocenters. The van der Waals surface area contributed by atoms with Crippen LogP contribution in [0.1, 0.15) is 17.3 Å². The van der Waals surface area contributed by atoms with E-state index in [1.54, 1.807) is 6.92 Å². The van der Waals surface area contributed by atoms with Crippen LogP contribution in [0.25, 0.3) is 0 Å². The summed E-state index contributed by atoms with van der Waals surface area (Å²) in [7, 11) is 1.49. The third-order valence-corrected chi connectivity index (χ3v) is 2.20. The SMILES string of the molecule is COCC(C)NC(=O)c1ccc([N+](=O)[O-])c(F)c1. The molecule has 7 heteroatoms. The summed E-state index contributed by atoms with van der Waals surface area (Å²) in [6.07, 6.45) is 0. The van der Waals surface area contributed by atoms with Crippen molar-refractivity contribution in [1.82, 2.24) is 5.32 Å². The number of hydrogen-bond donors (Lipinski definition) is 1. The number of rotatable bonds is 5. The van der Waals surface area contributed by atoms with Gasteiger partial charge in [0.1, 0.15) is 0 Å². The van der Waals surface area contributed by atoms with Gasteiger partial charge >= 0.3 is 5.69 Å². The van der Waals surface area contributed by atoms with Gasteiger partial charge in [-0.3, -0.25) is 14.9 Å². The minimum atomic E-state index is -1.04. The molecule has 1 rings (SSSR count). The van der Waals surface area contributed by atoms with Gasteiger partial charge in [-0.05, 0) is 19.1 Å². The van der Waals surface area contributed by atoms with Crippen molar-refractivity contribution in [2.75, 3.05) is 13.7 Å². The van der Waals surface area contributed by atoms with Gasteiger partial charge < -0.3 is 10.1 Å². The van der Waals surface area contributed by atoms with E-state index in [9.17, 15) is 19.3 Å². The number of carbonyl (C=O) groups excluding carboxylic acids is 1. The fourth-order valence-electron chi connectivity index (χ4n) is 1.39. The average Bonchev–Trinajstić information content (AvgIpc) is 2.28. The van der Waals surface area contributed by atoms with Crippen LogP contribution in [0.2, 0.25) is 0 Å². The highest BCUT2D eigenvalue weighted by atomic mass is 19.1. The molecule has 0 spiro atoms. The second-order valence-electron chi connectivity index (χ2n) is 3.75. The Hall–Kier alpha value is -2.02. The first-order chi connectivity index (χ1) is 8.45. The lowest BCUT2D eigenvalue weighted by atomic mass is 10.1. The standard InChI is InChI=1S/C11H13FN2O4/c1-7(6-18-2)13-11(15)8-3-4-10(14(16)17)9(12)5-8/h3-5,7H,6H2,1-2H3,(H,13,15). The first kappa shape index (κ1) is 14.0. The lowest BCUT2D eigenvalue weighted by Crippen LogP contribution is -2.35. The van der Waals surface area contributed by atoms with Gasteiger partial charge in [0.2, 0.25) is 5.82 Å². The van der Waals surface area contributed by atoms with Crippen molar-refractivity contribution in [3.63, 3.8) is 0 Å². The Labute approximate surface area is 103 Å². The van der Waals surface area contributed by atoms with E-state index in [1.165, 1.54) is 13.2 Å². The summed E-state index contributed by atoms with van der Waals surface area (Å²) < 4.78 is 18.1. The number of benzene rings is 1. The fourth-order valence-corrected chi connectivity index (χ4v) is 1.39. The maximum absolute atomic E-state index is 13.3. The third-order valence-electron chi connectivity index (χ3n) is 2.20. The first-order valence-electron chi connectivity index (χ1n) is 5.19. The van der Waals surface area contributed by atoms with E-state index in [1.807, 2.05) is 0 Å². The zero-order valence-electron chi connectivity index (χ0n) is 9.97. The molecule has 98 valence electrons. The minimum Gasteiger partial charge on any atom is -0.383 e. The van der Waals surface area contributed by atoms with Crippen LogP contribution in [0.3, 0.4) is 0 Å². The van der Waals surface area contributed by atoms with E-state index in [-0.39, 0.29) is 11.6 Å². The summed E-state index contributed by atoms with van der Waals surface area (Å²) in [5.74, 6) is -1.54. The van der Waals surface area contributed by atoms with Crippen molar-refractivity contribution < 1.29 is 18.8 Å². The van der Waals surface area contributed by atoms with Gasteiger partial charge in [-0.1, -0.05) is 0 Å². The van der Waals surface area contributed by atoms with Crippen molar-refractivity contribution in [1.29, 1.82) is 0 Å². The molecule has 0 aliphatic rings. The van der Waals surface area contributed by atoms with Gasteiger partial charge in [0, 0.05) is 24.8 Å². The molecule has 1 aromatic carbocycles. The Balaban J connectivity index is 2.81. The van der Waals surface area contributed by atoms with Crippen LogP contribution in [0.15, 0.2) is 18.2 Å². The topological polar surface area (TPSA) is 81.5 Å². The number of amides is 1. The van der Waals surface area contributed by atoms with Crippen LogP contribution in [-0.2, 0) is 4.74 Å². The summed E-state index contributed by atoms with van der Waals surface area (Å²) in [6.45, 7) is 2.05. The van der Waals surface area contributed by atoms with Gasteiger partial charge in [-0.2, -0.15) is 4.39 Å². The van der Waals surface area contributed by atoms with Gasteiger partial charge in [0.25, 0.3) is 5.91 Å². The number of ether oxygens (including phenoxy) is 1. The molecule has 1 unspecified atom stereocenters. The molecule has 0 aliphatic carbocycles. The number of nitrogens with zero attached hydrogens (tertiary/aromatic N) is 1. The minimum absolute atomic E-state index is 0.0288. The molecule has 6 nitrogen and oxygen atoms in total. The molecular weight excluding hydrogens is 243 g/mol. The monoisotopic (exact) mass is 256 g/mol. The van der Waals surface area contributed by atoms with Crippen molar-refractivity contribution in [3.05, 3.63) is 39.7 Å². The summed E-state index contributed by atoms with van der Waals surface area (Å²) >= 11 is 0. The zero-order valence-corrected chi connectivity index (χ0v) is 9.97. The number of hydrogen-bond acceptors (Lipinski definition) is 4. The lowest BCUT2D eigenvalue weighted by molar-refractivity contribution is -0.387. The van der Waals surface area contributed by atoms with Gasteiger partial charge in [0.05, 0.1) is 11.5 Å². The zero-order chi connectivity index (χ0) is 13.7. The van der Waals surface area contributed by atoms with Gasteiger partial charge in [0.15, 0.2) is 0 Å². The molecule has 0 saturated heterocycles. The van der Waals surface area contributed by atoms with E-state index >= 15 is 0 Å². The number of nitro benzene ring substituents is 1. The van der Waals surface area contributed by atoms with Crippen LogP contribution in [0.4, 0.5) is 10.1 Å². The third kappa shape index (κ3) is 3.49. The second-order valence-corrected chi connectivity index (χ2v) is 3.75. The predicted octanol–water partition coefficient (Wildman–Crippen LogP) is 1.50. The maximum Gasteiger partial charge on any atom is 0.304 e. The summed E-state index contributed by atoms with van der Waals surface area (Å²) in [4.78, 5) is 21.2. The number of nitrogens with one attached hydrogen (secondary N) is 1. The predicted molar refractivity (Wildman–Crippen MR) is 61.9 cm³/mol. The van der Waals surface area contributed by atoms with Crippen molar-refractivity contribution in [2.45, 2.75) is 13.0 Å². The van der Waals surface area contributed by atoms with E-state index in [0.29, 0.717) is 6.61 Å². The molecule has 1 N–H and O–H groups in total. The summed E-state index contributed by atoms with van der Waals surface area (Å²) in [5, 5.41) is 13.0. The largest absolute Gasteiger partial charge is 0.383 e. The molecule has 0 radical (unpaired) electrons. The quantitative estimate of drug-likeness (QED) is 0.639. The Morgan fingerprint density at radius 2 is 2.28 bits per heavy atom. The number of carbonyl (C=O) groups is 1. The molecule has 0 fully saturated rings. The van der Waals surface area contributed by atoms with Crippen LogP contribution in [0, 0.1) is 15.9 Å². The maximum atomic E-state index is 13.3. The van der Waals surface area contributed by atoms with E-state index in [0.717, 1.165) is 12.1 Å². The molecule has 0 saturated carbocycles. The van der Waals surface area contributed by atoms with E-state index in [2.05, 4.69) is 5.32 Å². The van der Waals surface area contributed by atoms with Crippen LogP contribution in [0.5, 0.6) is 0 Å². The lowest BCUT2D eigenvalue weighted by Gasteiger charge is -2.12. The van der Waals surface area contributed by atoms with Crippen molar-refractivity contribution >= 4 is 11.6 Å². The van der Waals surface area contributed by atoms with Crippen molar-refractivity contribution in [3.8, 4) is 0 Å². The second kappa shape index (κ2) is 6.06. The van der Waals surface area contributed by atoms with Crippen LogP contribution >= 0.6 is 0 Å². The number of nitro groups is 1. The Kier molecular flexibility index (Phi) is 4.73. The molecule has 0 heterocycles. The van der Waals surface area contributed by atoms with Crippen molar-refractivity contribution in [2.24, 2.45) is 0 Å².